The molecule has 1 aliphatic carbocycles. The molecular weight excluding hydrogens is 209 g/mol. The molecule has 0 bridgehead atoms. The number of rotatable bonds is 1. The van der Waals surface area contributed by atoms with Gasteiger partial charge in [0.25, 0.3) is 0 Å². The highest BCUT2D eigenvalue weighted by molar-refractivity contribution is 6.37. The second-order valence-corrected chi connectivity index (χ2v) is 4.26. The molecule has 0 heterocycles. The maximum Gasteiger partial charge on any atom is 0.152 e. The first kappa shape index (κ1) is 9.13. The zero-order chi connectivity index (χ0) is 9.64. The molecule has 1 saturated carbocycles. The van der Waals surface area contributed by atoms with E-state index in [1.165, 1.54) is 0 Å². The maximum absolute atomic E-state index is 9.31. The SMILES string of the molecule is NC1(c2cc(Cl)c(O)c(Cl)c2)CC1. The number of phenolic OH excluding ortho intramolecular Hbond substituents is 1. The Labute approximate surface area is 86.3 Å². The molecule has 70 valence electrons. The zero-order valence-corrected chi connectivity index (χ0v) is 8.36. The van der Waals surface area contributed by atoms with Crippen molar-refractivity contribution in [2.24, 2.45) is 5.73 Å². The lowest BCUT2D eigenvalue weighted by Crippen LogP contribution is -2.18. The van der Waals surface area contributed by atoms with Crippen molar-refractivity contribution in [2.45, 2.75) is 18.4 Å². The first-order valence-electron chi connectivity index (χ1n) is 4.00. The summed E-state index contributed by atoms with van der Waals surface area (Å²) in [5.74, 6) is -0.0728. The molecule has 0 aromatic heterocycles. The van der Waals surface area contributed by atoms with Gasteiger partial charge in [-0.2, -0.15) is 0 Å². The van der Waals surface area contributed by atoms with Gasteiger partial charge in [-0.25, -0.2) is 0 Å². The summed E-state index contributed by atoms with van der Waals surface area (Å²) in [7, 11) is 0. The van der Waals surface area contributed by atoms with E-state index in [1.54, 1.807) is 12.1 Å². The van der Waals surface area contributed by atoms with Crippen LogP contribution in [0.2, 0.25) is 10.0 Å². The quantitative estimate of drug-likeness (QED) is 0.761. The van der Waals surface area contributed by atoms with Gasteiger partial charge in [0, 0.05) is 5.54 Å². The normalized spacial score (nSPS) is 18.7. The molecule has 1 fully saturated rings. The molecule has 0 radical (unpaired) electrons. The number of halogens is 2. The minimum Gasteiger partial charge on any atom is -0.505 e. The van der Waals surface area contributed by atoms with Crippen LogP contribution in [0, 0.1) is 0 Å². The van der Waals surface area contributed by atoms with E-state index >= 15 is 0 Å². The summed E-state index contributed by atoms with van der Waals surface area (Å²) >= 11 is 11.5. The van der Waals surface area contributed by atoms with E-state index < -0.39 is 0 Å². The van der Waals surface area contributed by atoms with E-state index in [2.05, 4.69) is 0 Å². The Kier molecular flexibility index (Phi) is 1.95. The van der Waals surface area contributed by atoms with Gasteiger partial charge < -0.3 is 10.8 Å². The smallest absolute Gasteiger partial charge is 0.152 e. The van der Waals surface area contributed by atoms with Crippen LogP contribution in [-0.4, -0.2) is 5.11 Å². The van der Waals surface area contributed by atoms with Gasteiger partial charge in [-0.15, -0.1) is 0 Å². The largest absolute Gasteiger partial charge is 0.505 e. The molecule has 4 heteroatoms. The molecule has 0 atom stereocenters. The lowest BCUT2D eigenvalue weighted by Gasteiger charge is -2.10. The third kappa shape index (κ3) is 1.50. The van der Waals surface area contributed by atoms with Crippen molar-refractivity contribution in [2.75, 3.05) is 0 Å². The summed E-state index contributed by atoms with van der Waals surface area (Å²) in [6.07, 6.45) is 1.90. The summed E-state index contributed by atoms with van der Waals surface area (Å²) in [6, 6.07) is 3.35. The Morgan fingerprint density at radius 2 is 1.69 bits per heavy atom. The number of hydrogen-bond acceptors (Lipinski definition) is 2. The Hall–Kier alpha value is -0.440. The van der Waals surface area contributed by atoms with Gasteiger partial charge in [0.1, 0.15) is 0 Å². The van der Waals surface area contributed by atoms with Gasteiger partial charge in [-0.05, 0) is 30.5 Å². The molecular formula is C9H9Cl2NO. The third-order valence-electron chi connectivity index (χ3n) is 2.38. The predicted molar refractivity (Wildman–Crippen MR) is 53.2 cm³/mol. The number of nitrogens with two attached hydrogens (primary N) is 1. The predicted octanol–water partition coefficient (Wildman–Crippen LogP) is 2.65. The van der Waals surface area contributed by atoms with Gasteiger partial charge in [-0.1, -0.05) is 23.2 Å². The molecule has 0 amide bonds. The molecule has 1 aromatic rings. The van der Waals surface area contributed by atoms with Crippen LogP contribution in [0.3, 0.4) is 0 Å². The lowest BCUT2D eigenvalue weighted by atomic mass is 10.1. The first-order chi connectivity index (χ1) is 6.03. The van der Waals surface area contributed by atoms with E-state index in [4.69, 9.17) is 28.9 Å². The van der Waals surface area contributed by atoms with Crippen LogP contribution in [-0.2, 0) is 5.54 Å². The Morgan fingerprint density at radius 3 is 2.08 bits per heavy atom. The van der Waals surface area contributed by atoms with Gasteiger partial charge >= 0.3 is 0 Å². The van der Waals surface area contributed by atoms with Crippen molar-refractivity contribution >= 4 is 23.2 Å². The van der Waals surface area contributed by atoms with Crippen molar-refractivity contribution in [3.63, 3.8) is 0 Å². The maximum atomic E-state index is 9.31. The molecule has 0 saturated heterocycles. The molecule has 1 aromatic carbocycles. The highest BCUT2D eigenvalue weighted by Crippen LogP contribution is 2.46. The fourth-order valence-corrected chi connectivity index (χ4v) is 1.76. The van der Waals surface area contributed by atoms with E-state index in [9.17, 15) is 5.11 Å². The molecule has 0 unspecified atom stereocenters. The van der Waals surface area contributed by atoms with Gasteiger partial charge in [0.2, 0.25) is 0 Å². The fourth-order valence-electron chi connectivity index (χ4n) is 1.28. The van der Waals surface area contributed by atoms with Crippen LogP contribution >= 0.6 is 23.2 Å². The number of phenols is 1. The zero-order valence-electron chi connectivity index (χ0n) is 6.85. The van der Waals surface area contributed by atoms with E-state index in [-0.39, 0.29) is 21.3 Å². The Bertz CT molecular complexity index is 338. The van der Waals surface area contributed by atoms with Crippen LogP contribution < -0.4 is 5.73 Å². The average Bonchev–Trinajstić information content (AvgIpc) is 2.80. The van der Waals surface area contributed by atoms with E-state index in [0.717, 1.165) is 18.4 Å². The topological polar surface area (TPSA) is 46.2 Å². The van der Waals surface area contributed by atoms with Crippen LogP contribution in [0.15, 0.2) is 12.1 Å². The van der Waals surface area contributed by atoms with Crippen LogP contribution in [0.5, 0.6) is 5.75 Å². The van der Waals surface area contributed by atoms with E-state index in [1.807, 2.05) is 0 Å². The summed E-state index contributed by atoms with van der Waals surface area (Å²) in [4.78, 5) is 0. The molecule has 13 heavy (non-hydrogen) atoms. The van der Waals surface area contributed by atoms with Crippen molar-refractivity contribution in [3.8, 4) is 5.75 Å². The Morgan fingerprint density at radius 1 is 1.23 bits per heavy atom. The molecule has 2 rings (SSSR count). The number of hydrogen-bond donors (Lipinski definition) is 2. The summed E-state index contributed by atoms with van der Waals surface area (Å²) in [6.45, 7) is 0. The second-order valence-electron chi connectivity index (χ2n) is 3.44. The minimum atomic E-state index is -0.263. The monoisotopic (exact) mass is 217 g/mol. The van der Waals surface area contributed by atoms with Crippen LogP contribution in [0.1, 0.15) is 18.4 Å². The third-order valence-corrected chi connectivity index (χ3v) is 2.96. The summed E-state index contributed by atoms with van der Waals surface area (Å²) in [5, 5.41) is 9.84. The average molecular weight is 218 g/mol. The van der Waals surface area contributed by atoms with Crippen molar-refractivity contribution in [1.29, 1.82) is 0 Å². The summed E-state index contributed by atoms with van der Waals surface area (Å²) < 4.78 is 0. The highest BCUT2D eigenvalue weighted by Gasteiger charge is 2.40. The first-order valence-corrected chi connectivity index (χ1v) is 4.76. The number of aromatic hydroxyl groups is 1. The standard InChI is InChI=1S/C9H9Cl2NO/c10-6-3-5(9(12)1-2-9)4-7(11)8(6)13/h3-4,13H,1-2,12H2. The molecule has 3 N–H and O–H groups in total. The molecule has 2 nitrogen and oxygen atoms in total. The van der Waals surface area contributed by atoms with Crippen molar-refractivity contribution < 1.29 is 5.11 Å². The minimum absolute atomic E-state index is 0.0728. The molecule has 1 aliphatic rings. The van der Waals surface area contributed by atoms with Crippen LogP contribution in [0.4, 0.5) is 0 Å². The number of benzene rings is 1. The van der Waals surface area contributed by atoms with Crippen molar-refractivity contribution in [3.05, 3.63) is 27.7 Å². The Balaban J connectivity index is 2.50. The van der Waals surface area contributed by atoms with Gasteiger partial charge in [-0.3, -0.25) is 0 Å². The molecule has 0 aliphatic heterocycles. The highest BCUT2D eigenvalue weighted by atomic mass is 35.5. The lowest BCUT2D eigenvalue weighted by molar-refractivity contribution is 0.475. The molecule has 0 spiro atoms. The van der Waals surface area contributed by atoms with Gasteiger partial charge in [0.05, 0.1) is 10.0 Å². The van der Waals surface area contributed by atoms with Crippen molar-refractivity contribution in [1.82, 2.24) is 0 Å². The van der Waals surface area contributed by atoms with Gasteiger partial charge in [0.15, 0.2) is 5.75 Å². The fraction of sp³-hybridized carbons (Fsp3) is 0.333. The second kappa shape index (κ2) is 2.77. The summed E-state index contributed by atoms with van der Waals surface area (Å²) in [5.41, 5.74) is 6.60. The van der Waals surface area contributed by atoms with Crippen LogP contribution in [0.25, 0.3) is 0 Å². The van der Waals surface area contributed by atoms with E-state index in [0.29, 0.717) is 0 Å².